The molecule has 0 aliphatic carbocycles. The van der Waals surface area contributed by atoms with Gasteiger partial charge in [-0.15, -0.1) is 23.7 Å². The maximum absolute atomic E-state index is 9.71. The number of aliphatic hydroxyl groups excluding tert-OH is 1. The van der Waals surface area contributed by atoms with E-state index >= 15 is 0 Å². The molecule has 0 spiro atoms. The summed E-state index contributed by atoms with van der Waals surface area (Å²) in [6.07, 6.45) is 2.86. The van der Waals surface area contributed by atoms with Gasteiger partial charge in [-0.1, -0.05) is 24.3 Å². The topological polar surface area (TPSA) is 62.4 Å². The Morgan fingerprint density at radius 1 is 1.40 bits per heavy atom. The third-order valence-electron chi connectivity index (χ3n) is 3.63. The summed E-state index contributed by atoms with van der Waals surface area (Å²) >= 11 is 1.52. The number of nitrogen functional groups attached to an aromatic ring is 1. The van der Waals surface area contributed by atoms with Crippen molar-refractivity contribution in [3.05, 3.63) is 46.5 Å². The molecule has 1 aliphatic heterocycles. The number of fused-ring (bicyclic) bond motifs is 1. The summed E-state index contributed by atoms with van der Waals surface area (Å²) in [5.41, 5.74) is 8.26. The first-order chi connectivity index (χ1) is 9.28. The first-order valence-corrected chi connectivity index (χ1v) is 7.22. The molecule has 0 radical (unpaired) electrons. The van der Waals surface area contributed by atoms with Gasteiger partial charge in [-0.3, -0.25) is 4.90 Å². The van der Waals surface area contributed by atoms with Crippen LogP contribution in [0.3, 0.4) is 0 Å². The van der Waals surface area contributed by atoms with Crippen molar-refractivity contribution in [2.24, 2.45) is 0 Å². The van der Waals surface area contributed by atoms with Gasteiger partial charge in [0.15, 0.2) is 5.13 Å². The highest BCUT2D eigenvalue weighted by Crippen LogP contribution is 2.31. The molecule has 2 aromatic rings. The number of anilines is 1. The zero-order valence-corrected chi connectivity index (χ0v) is 12.7. The van der Waals surface area contributed by atoms with Crippen LogP contribution < -0.4 is 5.73 Å². The molecule has 2 heterocycles. The Labute approximate surface area is 128 Å². The van der Waals surface area contributed by atoms with Crippen LogP contribution in [0.4, 0.5) is 5.13 Å². The molecule has 0 saturated heterocycles. The van der Waals surface area contributed by atoms with Crippen LogP contribution in [0.1, 0.15) is 22.0 Å². The van der Waals surface area contributed by atoms with Crippen LogP contribution in [-0.2, 0) is 13.0 Å². The first-order valence-electron chi connectivity index (χ1n) is 6.41. The van der Waals surface area contributed by atoms with Crippen molar-refractivity contribution in [2.45, 2.75) is 19.0 Å². The number of aromatic nitrogens is 1. The number of nitrogens with zero attached hydrogens (tertiary/aromatic N) is 2. The predicted octanol–water partition coefficient (Wildman–Crippen LogP) is 2.24. The Morgan fingerprint density at radius 3 is 2.90 bits per heavy atom. The van der Waals surface area contributed by atoms with Crippen molar-refractivity contribution in [3.8, 4) is 0 Å². The predicted molar refractivity (Wildman–Crippen MR) is 84.2 cm³/mol. The summed E-state index contributed by atoms with van der Waals surface area (Å²) in [6.45, 7) is 1.90. The van der Waals surface area contributed by atoms with E-state index in [1.54, 1.807) is 0 Å². The maximum Gasteiger partial charge on any atom is 0.180 e. The van der Waals surface area contributed by atoms with Crippen LogP contribution in [0.2, 0.25) is 0 Å². The highest BCUT2D eigenvalue weighted by atomic mass is 35.5. The molecule has 1 unspecified atom stereocenters. The van der Waals surface area contributed by atoms with Crippen LogP contribution in [0.25, 0.3) is 0 Å². The average molecular weight is 312 g/mol. The lowest BCUT2D eigenvalue weighted by molar-refractivity contribution is 0.109. The van der Waals surface area contributed by atoms with E-state index in [1.165, 1.54) is 22.5 Å². The lowest BCUT2D eigenvalue weighted by Gasteiger charge is -2.35. The van der Waals surface area contributed by atoms with Gasteiger partial charge in [-0.25, -0.2) is 4.98 Å². The molecule has 1 aromatic heterocycles. The van der Waals surface area contributed by atoms with Crippen LogP contribution in [0.15, 0.2) is 30.5 Å². The maximum atomic E-state index is 9.71. The van der Waals surface area contributed by atoms with Gasteiger partial charge in [-0.05, 0) is 17.5 Å². The SMILES string of the molecule is Cl.Nc1ncc(CN2CCc3ccccc3C2CO)s1. The fourth-order valence-electron chi connectivity index (χ4n) is 2.70. The lowest BCUT2D eigenvalue weighted by Crippen LogP contribution is -2.36. The second-order valence-corrected chi connectivity index (χ2v) is 5.93. The van der Waals surface area contributed by atoms with Crippen LogP contribution >= 0.6 is 23.7 Å². The van der Waals surface area contributed by atoms with Gasteiger partial charge in [0.2, 0.25) is 0 Å². The summed E-state index contributed by atoms with van der Waals surface area (Å²) in [6, 6.07) is 8.44. The van der Waals surface area contributed by atoms with Crippen molar-refractivity contribution in [3.63, 3.8) is 0 Å². The molecule has 1 aliphatic rings. The molecule has 6 heteroatoms. The minimum Gasteiger partial charge on any atom is -0.394 e. The first kappa shape index (κ1) is 15.3. The number of nitrogens with two attached hydrogens (primary N) is 1. The molecule has 0 saturated carbocycles. The highest BCUT2D eigenvalue weighted by molar-refractivity contribution is 7.15. The number of thiazole rings is 1. The molecule has 108 valence electrons. The molecule has 0 fully saturated rings. The summed E-state index contributed by atoms with van der Waals surface area (Å²) in [4.78, 5) is 7.53. The van der Waals surface area contributed by atoms with Gasteiger partial charge >= 0.3 is 0 Å². The lowest BCUT2D eigenvalue weighted by atomic mass is 9.93. The monoisotopic (exact) mass is 311 g/mol. The Kier molecular flexibility index (Phi) is 4.99. The van der Waals surface area contributed by atoms with Gasteiger partial charge in [0.05, 0.1) is 12.6 Å². The molecule has 1 aromatic carbocycles. The standard InChI is InChI=1S/C14H17N3OS.ClH/c15-14-16-7-11(19-14)8-17-6-5-10-3-1-2-4-12(10)13(17)9-18;/h1-4,7,13,18H,5-6,8-9H2,(H2,15,16);1H. The van der Waals surface area contributed by atoms with Crippen LogP contribution in [0.5, 0.6) is 0 Å². The third kappa shape index (κ3) is 2.96. The molecule has 1 atom stereocenters. The Hall–Kier alpha value is -1.14. The van der Waals surface area contributed by atoms with Gasteiger partial charge in [0.1, 0.15) is 0 Å². The number of hydrogen-bond donors (Lipinski definition) is 2. The third-order valence-corrected chi connectivity index (χ3v) is 4.44. The molecule has 0 amide bonds. The zero-order chi connectivity index (χ0) is 13.2. The van der Waals surface area contributed by atoms with E-state index in [4.69, 9.17) is 5.73 Å². The number of hydrogen-bond acceptors (Lipinski definition) is 5. The van der Waals surface area contributed by atoms with E-state index in [0.29, 0.717) is 5.13 Å². The molecule has 4 nitrogen and oxygen atoms in total. The van der Waals surface area contributed by atoms with E-state index in [0.717, 1.165) is 24.4 Å². The number of halogens is 1. The Balaban J connectivity index is 0.00000147. The summed E-state index contributed by atoms with van der Waals surface area (Å²) in [7, 11) is 0. The van der Waals surface area contributed by atoms with E-state index in [1.807, 2.05) is 12.3 Å². The van der Waals surface area contributed by atoms with Gasteiger partial charge in [-0.2, -0.15) is 0 Å². The second-order valence-electron chi connectivity index (χ2n) is 4.78. The fraction of sp³-hybridized carbons (Fsp3) is 0.357. The normalized spacial score (nSPS) is 18.4. The van der Waals surface area contributed by atoms with Gasteiger partial charge < -0.3 is 10.8 Å². The minimum absolute atomic E-state index is 0. The largest absolute Gasteiger partial charge is 0.394 e. The van der Waals surface area contributed by atoms with Crippen molar-refractivity contribution in [1.29, 1.82) is 0 Å². The van der Waals surface area contributed by atoms with E-state index < -0.39 is 0 Å². The molecular formula is C14H18ClN3OS. The quantitative estimate of drug-likeness (QED) is 0.912. The van der Waals surface area contributed by atoms with Crippen molar-refractivity contribution in [1.82, 2.24) is 9.88 Å². The van der Waals surface area contributed by atoms with Gasteiger partial charge in [0.25, 0.3) is 0 Å². The molecule has 3 rings (SSSR count). The van der Waals surface area contributed by atoms with E-state index in [2.05, 4.69) is 28.1 Å². The number of benzene rings is 1. The van der Waals surface area contributed by atoms with Gasteiger partial charge in [0, 0.05) is 24.2 Å². The Morgan fingerprint density at radius 2 is 2.20 bits per heavy atom. The molecular weight excluding hydrogens is 294 g/mol. The second kappa shape index (κ2) is 6.54. The average Bonchev–Trinajstić information content (AvgIpc) is 2.84. The summed E-state index contributed by atoms with van der Waals surface area (Å²) in [5.74, 6) is 0. The van der Waals surface area contributed by atoms with Crippen molar-refractivity contribution in [2.75, 3.05) is 18.9 Å². The smallest absolute Gasteiger partial charge is 0.180 e. The molecule has 20 heavy (non-hydrogen) atoms. The molecule has 3 N–H and O–H groups in total. The van der Waals surface area contributed by atoms with E-state index in [9.17, 15) is 5.11 Å². The Bertz CT molecular complexity index is 575. The molecule has 0 bridgehead atoms. The van der Waals surface area contributed by atoms with Crippen molar-refractivity contribution >= 4 is 28.9 Å². The summed E-state index contributed by atoms with van der Waals surface area (Å²) in [5, 5.41) is 10.3. The number of rotatable bonds is 3. The van der Waals surface area contributed by atoms with Crippen LogP contribution in [-0.4, -0.2) is 28.1 Å². The number of aliphatic hydroxyl groups is 1. The fourth-order valence-corrected chi connectivity index (χ4v) is 3.41. The minimum atomic E-state index is 0. The van der Waals surface area contributed by atoms with Crippen LogP contribution in [0, 0.1) is 0 Å². The zero-order valence-electron chi connectivity index (χ0n) is 11.0. The van der Waals surface area contributed by atoms with Crippen molar-refractivity contribution < 1.29 is 5.11 Å². The summed E-state index contributed by atoms with van der Waals surface area (Å²) < 4.78 is 0. The van der Waals surface area contributed by atoms with E-state index in [-0.39, 0.29) is 25.1 Å². The highest BCUT2D eigenvalue weighted by Gasteiger charge is 2.26.